The summed E-state index contributed by atoms with van der Waals surface area (Å²) in [5, 5.41) is 6.19. The third kappa shape index (κ3) is 4.69. The van der Waals surface area contributed by atoms with Crippen LogP contribution in [0.1, 0.15) is 21.7 Å². The molecule has 0 saturated heterocycles. The zero-order valence-electron chi connectivity index (χ0n) is 17.0. The normalized spacial score (nSPS) is 12.7. The Morgan fingerprint density at radius 3 is 2.44 bits per heavy atom. The summed E-state index contributed by atoms with van der Waals surface area (Å²) in [4.78, 5) is 16.1. The van der Waals surface area contributed by atoms with E-state index in [9.17, 15) is 22.4 Å². The number of carbonyl (C=O) groups is 1. The van der Waals surface area contributed by atoms with Gasteiger partial charge in [0, 0.05) is 18.8 Å². The molecule has 3 aromatic rings. The number of nitrogens with two attached hydrogens (primary N) is 1. The van der Waals surface area contributed by atoms with Gasteiger partial charge in [-0.15, -0.1) is 0 Å². The smallest absolute Gasteiger partial charge is 0.404 e. The molecule has 2 aromatic carbocycles. The van der Waals surface area contributed by atoms with Crippen LogP contribution in [0.25, 0.3) is 16.8 Å². The molecule has 0 saturated carbocycles. The van der Waals surface area contributed by atoms with Crippen molar-refractivity contribution in [2.45, 2.75) is 13.1 Å². The molecular formula is C22H18F4N4O2. The van der Waals surface area contributed by atoms with Gasteiger partial charge in [0.2, 0.25) is 0 Å². The first-order chi connectivity index (χ1) is 15.2. The van der Waals surface area contributed by atoms with Crippen LogP contribution in [0.2, 0.25) is 0 Å². The summed E-state index contributed by atoms with van der Waals surface area (Å²) >= 11 is 0. The Hall–Kier alpha value is -3.95. The van der Waals surface area contributed by atoms with Gasteiger partial charge in [0.25, 0.3) is 5.91 Å². The fourth-order valence-corrected chi connectivity index (χ4v) is 2.93. The summed E-state index contributed by atoms with van der Waals surface area (Å²) in [5.74, 6) is -2.02. The number of aliphatic imine (C=N–C) groups is 1. The van der Waals surface area contributed by atoms with E-state index in [4.69, 9.17) is 10.3 Å². The number of aromatic nitrogens is 1. The molecule has 1 heterocycles. The Morgan fingerprint density at radius 1 is 1.19 bits per heavy atom. The summed E-state index contributed by atoms with van der Waals surface area (Å²) in [7, 11) is 1.31. The Kier molecular flexibility index (Phi) is 6.42. The molecule has 3 N–H and O–H groups in total. The van der Waals surface area contributed by atoms with E-state index in [1.807, 2.05) is 6.92 Å². The number of rotatable bonds is 5. The minimum absolute atomic E-state index is 0.0333. The summed E-state index contributed by atoms with van der Waals surface area (Å²) in [6.07, 6.45) is -4.38. The van der Waals surface area contributed by atoms with Crippen LogP contribution < -0.4 is 11.1 Å². The molecule has 166 valence electrons. The Labute approximate surface area is 180 Å². The first-order valence-electron chi connectivity index (χ1n) is 9.28. The number of carbonyl (C=O) groups excluding carboxylic acids is 1. The number of benzene rings is 2. The van der Waals surface area contributed by atoms with Crippen LogP contribution in [0, 0.1) is 12.7 Å². The first-order valence-corrected chi connectivity index (χ1v) is 9.28. The highest BCUT2D eigenvalue weighted by Crippen LogP contribution is 2.35. The maximum absolute atomic E-state index is 13.9. The van der Waals surface area contributed by atoms with Crippen LogP contribution in [0.3, 0.4) is 0 Å². The van der Waals surface area contributed by atoms with Crippen molar-refractivity contribution in [2.24, 2.45) is 10.7 Å². The minimum Gasteiger partial charge on any atom is -0.404 e. The number of nitrogens with zero attached hydrogens (tertiary/aromatic N) is 2. The Morgan fingerprint density at radius 2 is 1.88 bits per heavy atom. The maximum Gasteiger partial charge on any atom is 0.434 e. The van der Waals surface area contributed by atoms with Crippen LogP contribution in [-0.2, 0) is 0 Å². The third-order valence-electron chi connectivity index (χ3n) is 4.46. The molecule has 1 aromatic heterocycles. The SMILES string of the molecule is CNC(=O)c1c(-c2ccc(C)cc2)noc1C(=CN)C(=Nc1cccc(F)c1)C(F)(F)F. The predicted octanol–water partition coefficient (Wildman–Crippen LogP) is 4.78. The third-order valence-corrected chi connectivity index (χ3v) is 4.46. The fourth-order valence-electron chi connectivity index (χ4n) is 2.93. The van der Waals surface area contributed by atoms with Crippen LogP contribution in [0.5, 0.6) is 0 Å². The van der Waals surface area contributed by atoms with Crippen molar-refractivity contribution < 1.29 is 26.9 Å². The molecule has 0 unspecified atom stereocenters. The van der Waals surface area contributed by atoms with Crippen molar-refractivity contribution in [1.29, 1.82) is 0 Å². The molecule has 0 fully saturated rings. The van der Waals surface area contributed by atoms with Crippen molar-refractivity contribution in [2.75, 3.05) is 7.05 Å². The molecular weight excluding hydrogens is 428 g/mol. The molecule has 6 nitrogen and oxygen atoms in total. The molecule has 10 heteroatoms. The summed E-state index contributed by atoms with van der Waals surface area (Å²) in [6.45, 7) is 1.85. The molecule has 1 amide bonds. The number of halogens is 4. The largest absolute Gasteiger partial charge is 0.434 e. The highest BCUT2D eigenvalue weighted by atomic mass is 19.4. The van der Waals surface area contributed by atoms with E-state index in [1.54, 1.807) is 24.3 Å². The van der Waals surface area contributed by atoms with Crippen LogP contribution in [-0.4, -0.2) is 30.0 Å². The van der Waals surface area contributed by atoms with E-state index in [0.29, 0.717) is 11.8 Å². The molecule has 0 aliphatic heterocycles. The molecule has 0 atom stereocenters. The van der Waals surface area contributed by atoms with Crippen molar-refractivity contribution in [1.82, 2.24) is 10.5 Å². The van der Waals surface area contributed by atoms with E-state index in [0.717, 1.165) is 17.7 Å². The van der Waals surface area contributed by atoms with Crippen molar-refractivity contribution in [3.05, 3.63) is 77.4 Å². The van der Waals surface area contributed by atoms with Gasteiger partial charge in [0.05, 0.1) is 11.3 Å². The molecule has 32 heavy (non-hydrogen) atoms. The maximum atomic E-state index is 13.9. The number of hydrogen-bond donors (Lipinski definition) is 2. The van der Waals surface area contributed by atoms with E-state index < -0.39 is 34.9 Å². The average Bonchev–Trinajstić information content (AvgIpc) is 3.18. The molecule has 0 radical (unpaired) electrons. The summed E-state index contributed by atoms with van der Waals surface area (Å²) < 4.78 is 60.5. The van der Waals surface area contributed by atoms with Gasteiger partial charge in [0.15, 0.2) is 11.5 Å². The molecule has 0 bridgehead atoms. The number of amides is 1. The Bertz CT molecular complexity index is 1200. The quantitative estimate of drug-likeness (QED) is 0.436. The van der Waals surface area contributed by atoms with Crippen molar-refractivity contribution in [3.63, 3.8) is 0 Å². The zero-order valence-corrected chi connectivity index (χ0v) is 17.0. The molecule has 0 aliphatic carbocycles. The highest BCUT2D eigenvalue weighted by Gasteiger charge is 2.41. The fraction of sp³-hybridized carbons (Fsp3) is 0.136. The van der Waals surface area contributed by atoms with Gasteiger partial charge in [-0.05, 0) is 25.1 Å². The van der Waals surface area contributed by atoms with Gasteiger partial charge in [-0.2, -0.15) is 13.2 Å². The van der Waals surface area contributed by atoms with E-state index in [2.05, 4.69) is 15.5 Å². The summed E-state index contributed by atoms with van der Waals surface area (Å²) in [5.41, 5.74) is 4.22. The van der Waals surface area contributed by atoms with Crippen LogP contribution in [0.15, 0.2) is 64.2 Å². The number of hydrogen-bond acceptors (Lipinski definition) is 5. The number of alkyl halides is 3. The second kappa shape index (κ2) is 9.04. The van der Waals surface area contributed by atoms with Crippen LogP contribution >= 0.6 is 0 Å². The second-order valence-corrected chi connectivity index (χ2v) is 6.70. The van der Waals surface area contributed by atoms with Gasteiger partial charge in [-0.1, -0.05) is 41.1 Å². The number of aryl methyl sites for hydroxylation is 1. The van der Waals surface area contributed by atoms with Crippen molar-refractivity contribution in [3.8, 4) is 11.3 Å². The molecule has 3 rings (SSSR count). The second-order valence-electron chi connectivity index (χ2n) is 6.70. The van der Waals surface area contributed by atoms with E-state index >= 15 is 0 Å². The van der Waals surface area contributed by atoms with Crippen molar-refractivity contribution >= 4 is 22.9 Å². The van der Waals surface area contributed by atoms with Gasteiger partial charge in [-0.3, -0.25) is 4.79 Å². The Balaban J connectivity index is 2.23. The lowest BCUT2D eigenvalue weighted by Gasteiger charge is -2.13. The summed E-state index contributed by atoms with van der Waals surface area (Å²) in [6, 6.07) is 11.1. The number of nitrogens with one attached hydrogen (secondary N) is 1. The average molecular weight is 446 g/mol. The topological polar surface area (TPSA) is 93.5 Å². The minimum atomic E-state index is -5.01. The first kappa shape index (κ1) is 22.7. The van der Waals surface area contributed by atoms with Gasteiger partial charge in [-0.25, -0.2) is 9.38 Å². The zero-order chi connectivity index (χ0) is 23.5. The van der Waals surface area contributed by atoms with Gasteiger partial charge in [0.1, 0.15) is 17.1 Å². The molecule has 0 spiro atoms. The van der Waals surface area contributed by atoms with Crippen LogP contribution in [0.4, 0.5) is 23.2 Å². The molecule has 0 aliphatic rings. The van der Waals surface area contributed by atoms with Gasteiger partial charge >= 0.3 is 6.18 Å². The number of allylic oxidation sites excluding steroid dienone is 1. The lowest BCUT2D eigenvalue weighted by atomic mass is 9.99. The lowest BCUT2D eigenvalue weighted by Crippen LogP contribution is -2.26. The highest BCUT2D eigenvalue weighted by molar-refractivity contribution is 6.28. The van der Waals surface area contributed by atoms with E-state index in [-0.39, 0.29) is 16.9 Å². The van der Waals surface area contributed by atoms with E-state index in [1.165, 1.54) is 19.2 Å². The lowest BCUT2D eigenvalue weighted by molar-refractivity contribution is -0.0571. The monoisotopic (exact) mass is 446 g/mol. The standard InChI is InChI=1S/C22H18F4N4O2/c1-12-6-8-13(9-7-12)18-17(21(31)28-2)19(32-30-18)16(11-27)20(22(24,25)26)29-15-5-3-4-14(23)10-15/h3-11H,27H2,1-2H3,(H,28,31). The predicted molar refractivity (Wildman–Crippen MR) is 112 cm³/mol. The van der Waals surface area contributed by atoms with Gasteiger partial charge < -0.3 is 15.6 Å².